The molecule has 5 nitrogen and oxygen atoms in total. The van der Waals surface area contributed by atoms with Gasteiger partial charge in [0, 0.05) is 35.6 Å². The average Bonchev–Trinajstić information content (AvgIpc) is 3.17. The number of rotatable bonds is 7. The van der Waals surface area contributed by atoms with Gasteiger partial charge in [0.2, 0.25) is 0 Å². The Bertz CT molecular complexity index is 679. The van der Waals surface area contributed by atoms with E-state index in [1.807, 2.05) is 12.2 Å². The summed E-state index contributed by atoms with van der Waals surface area (Å²) >= 11 is 4.54. The maximum atomic E-state index is 10.8. The lowest BCUT2D eigenvalue weighted by Gasteiger charge is -2.26. The Morgan fingerprint density at radius 2 is 2.11 bits per heavy atom. The molecule has 3 aliphatic rings. The van der Waals surface area contributed by atoms with Crippen molar-refractivity contribution in [1.82, 2.24) is 0 Å². The van der Waals surface area contributed by atoms with Crippen LogP contribution in [0, 0.1) is 30.1 Å². The third-order valence-corrected chi connectivity index (χ3v) is 7.30. The van der Waals surface area contributed by atoms with Gasteiger partial charge in [0.05, 0.1) is 12.2 Å². The molecule has 154 valence electrons. The quantitative estimate of drug-likeness (QED) is 0.298. The molecule has 6 atom stereocenters. The van der Waals surface area contributed by atoms with Gasteiger partial charge in [0.25, 0.3) is 0 Å². The molecule has 0 saturated heterocycles. The molecule has 28 heavy (non-hydrogen) atoms. The summed E-state index contributed by atoms with van der Waals surface area (Å²) in [4.78, 5) is 15.6. The van der Waals surface area contributed by atoms with Crippen LogP contribution in [0.15, 0.2) is 17.1 Å². The van der Waals surface area contributed by atoms with Crippen LogP contribution in [0.1, 0.15) is 57.8 Å². The number of hydrogen-bond acceptors (Lipinski definition) is 5. The van der Waals surface area contributed by atoms with Crippen LogP contribution in [0.3, 0.4) is 0 Å². The van der Waals surface area contributed by atoms with E-state index in [0.717, 1.165) is 18.6 Å². The van der Waals surface area contributed by atoms with Crippen LogP contribution < -0.4 is 0 Å². The summed E-state index contributed by atoms with van der Waals surface area (Å²) in [6.07, 6.45) is 15.7. The first kappa shape index (κ1) is 21.4. The zero-order valence-electron chi connectivity index (χ0n) is 16.2. The molecule has 3 N–H and O–H groups in total. The molecule has 2 saturated carbocycles. The number of aliphatic hydroxyl groups excluding tert-OH is 2. The SMILES string of the molecule is C#CC12CC(O)C(C=C[C@H](O)C3CCCCC3)C1CC(C(S)CCC(=O)O)=N2. The van der Waals surface area contributed by atoms with Crippen molar-refractivity contribution in [3.8, 4) is 12.3 Å². The highest BCUT2D eigenvalue weighted by molar-refractivity contribution is 7.81. The summed E-state index contributed by atoms with van der Waals surface area (Å²) in [6.45, 7) is 0. The van der Waals surface area contributed by atoms with E-state index < -0.39 is 23.7 Å². The second-order valence-corrected chi connectivity index (χ2v) is 9.18. The summed E-state index contributed by atoms with van der Waals surface area (Å²) in [5.74, 6) is 2.07. The molecule has 0 spiro atoms. The molecule has 6 heteroatoms. The van der Waals surface area contributed by atoms with E-state index in [-0.39, 0.29) is 23.5 Å². The maximum absolute atomic E-state index is 10.8. The van der Waals surface area contributed by atoms with Crippen molar-refractivity contribution in [3.05, 3.63) is 12.2 Å². The Kier molecular flexibility index (Phi) is 6.90. The van der Waals surface area contributed by atoms with E-state index in [0.29, 0.717) is 25.2 Å². The van der Waals surface area contributed by atoms with Crippen molar-refractivity contribution < 1.29 is 20.1 Å². The molecule has 0 radical (unpaired) electrons. The summed E-state index contributed by atoms with van der Waals surface area (Å²) in [6, 6.07) is 0. The zero-order chi connectivity index (χ0) is 20.3. The number of aliphatic imine (C=N–C) groups is 1. The lowest BCUT2D eigenvalue weighted by atomic mass is 9.81. The summed E-state index contributed by atoms with van der Waals surface area (Å²) in [5, 5.41) is 29.8. The van der Waals surface area contributed by atoms with E-state index in [2.05, 4.69) is 18.5 Å². The minimum absolute atomic E-state index is 0.0308. The van der Waals surface area contributed by atoms with E-state index >= 15 is 0 Å². The molecular weight excluding hydrogens is 374 g/mol. The summed E-state index contributed by atoms with van der Waals surface area (Å²) in [5.41, 5.74) is 0.0923. The predicted molar refractivity (Wildman–Crippen MR) is 113 cm³/mol. The number of carboxylic acids is 1. The first-order chi connectivity index (χ1) is 13.4. The number of aliphatic hydroxyl groups is 2. The van der Waals surface area contributed by atoms with E-state index in [1.54, 1.807) is 0 Å². The van der Waals surface area contributed by atoms with Crippen LogP contribution in [0.4, 0.5) is 0 Å². The fourth-order valence-corrected chi connectivity index (χ4v) is 5.42. The lowest BCUT2D eigenvalue weighted by Crippen LogP contribution is -2.27. The van der Waals surface area contributed by atoms with Crippen LogP contribution in [0.5, 0.6) is 0 Å². The fraction of sp³-hybridized carbons (Fsp3) is 0.727. The molecule has 1 aliphatic heterocycles. The molecular formula is C22H31NO4S. The first-order valence-corrected chi connectivity index (χ1v) is 10.9. The number of aliphatic carboxylic acids is 1. The van der Waals surface area contributed by atoms with Crippen molar-refractivity contribution in [1.29, 1.82) is 0 Å². The number of terminal acetylenes is 1. The molecule has 3 rings (SSSR count). The van der Waals surface area contributed by atoms with Crippen molar-refractivity contribution in [2.24, 2.45) is 22.7 Å². The van der Waals surface area contributed by atoms with Crippen LogP contribution >= 0.6 is 12.6 Å². The average molecular weight is 406 g/mol. The number of fused-ring (bicyclic) bond motifs is 1. The topological polar surface area (TPSA) is 90.1 Å². The number of hydrogen-bond donors (Lipinski definition) is 4. The van der Waals surface area contributed by atoms with Crippen molar-refractivity contribution >= 4 is 24.3 Å². The smallest absolute Gasteiger partial charge is 0.303 e. The Balaban J connectivity index is 1.69. The standard InChI is InChI=1S/C22H31NO4S/c1-2-22-13-19(25)15(8-9-18(24)14-6-4-3-5-7-14)16(22)12-17(23-22)20(28)10-11-21(26)27/h1,8-9,14-16,18-20,24-25,28H,3-7,10-13H2,(H,26,27)/t15?,16?,18-,19?,20?,22?/m0/s1. The highest BCUT2D eigenvalue weighted by Crippen LogP contribution is 2.50. The minimum Gasteiger partial charge on any atom is -0.481 e. The monoisotopic (exact) mass is 405 g/mol. The van der Waals surface area contributed by atoms with Gasteiger partial charge in [-0.05, 0) is 31.6 Å². The van der Waals surface area contributed by atoms with E-state index in [9.17, 15) is 15.0 Å². The van der Waals surface area contributed by atoms with Crippen molar-refractivity contribution in [3.63, 3.8) is 0 Å². The van der Waals surface area contributed by atoms with Gasteiger partial charge >= 0.3 is 5.97 Å². The third kappa shape index (κ3) is 4.48. The Labute approximate surface area is 172 Å². The van der Waals surface area contributed by atoms with Gasteiger partial charge in [-0.1, -0.05) is 37.3 Å². The molecule has 0 amide bonds. The van der Waals surface area contributed by atoms with Crippen LogP contribution in [-0.2, 0) is 4.79 Å². The predicted octanol–water partition coefficient (Wildman–Crippen LogP) is 2.86. The summed E-state index contributed by atoms with van der Waals surface area (Å²) < 4.78 is 0. The highest BCUT2D eigenvalue weighted by Gasteiger charge is 2.55. The molecule has 0 aromatic carbocycles. The lowest BCUT2D eigenvalue weighted by molar-refractivity contribution is -0.137. The second-order valence-electron chi connectivity index (χ2n) is 8.55. The normalized spacial score (nSPS) is 35.4. The Hall–Kier alpha value is -1.29. The Morgan fingerprint density at radius 1 is 1.39 bits per heavy atom. The van der Waals surface area contributed by atoms with Gasteiger partial charge in [0.15, 0.2) is 0 Å². The molecule has 5 unspecified atom stereocenters. The van der Waals surface area contributed by atoms with Gasteiger partial charge < -0.3 is 15.3 Å². The largest absolute Gasteiger partial charge is 0.481 e. The van der Waals surface area contributed by atoms with Gasteiger partial charge in [-0.15, -0.1) is 6.42 Å². The van der Waals surface area contributed by atoms with Crippen LogP contribution in [0.2, 0.25) is 0 Å². The maximum Gasteiger partial charge on any atom is 0.303 e. The molecule has 2 fully saturated rings. The fourth-order valence-electron chi connectivity index (χ4n) is 5.13. The van der Waals surface area contributed by atoms with Gasteiger partial charge in [-0.25, -0.2) is 0 Å². The molecule has 0 aromatic heterocycles. The number of nitrogens with zero attached hydrogens (tertiary/aromatic N) is 1. The third-order valence-electron chi connectivity index (χ3n) is 6.74. The van der Waals surface area contributed by atoms with Crippen molar-refractivity contribution in [2.45, 2.75) is 80.8 Å². The van der Waals surface area contributed by atoms with Crippen LogP contribution in [0.25, 0.3) is 0 Å². The van der Waals surface area contributed by atoms with Gasteiger partial charge in [-0.3, -0.25) is 9.79 Å². The van der Waals surface area contributed by atoms with E-state index in [1.165, 1.54) is 19.3 Å². The molecule has 1 heterocycles. The summed E-state index contributed by atoms with van der Waals surface area (Å²) in [7, 11) is 0. The van der Waals surface area contributed by atoms with Gasteiger partial charge in [-0.2, -0.15) is 12.6 Å². The van der Waals surface area contributed by atoms with Crippen LogP contribution in [-0.4, -0.2) is 50.0 Å². The second kappa shape index (κ2) is 9.02. The molecule has 0 bridgehead atoms. The van der Waals surface area contributed by atoms with Gasteiger partial charge in [0.1, 0.15) is 5.54 Å². The number of thiol groups is 1. The molecule has 2 aliphatic carbocycles. The molecule has 0 aromatic rings. The highest BCUT2D eigenvalue weighted by atomic mass is 32.1. The zero-order valence-corrected chi connectivity index (χ0v) is 17.1. The van der Waals surface area contributed by atoms with Crippen molar-refractivity contribution in [2.75, 3.05) is 0 Å². The Morgan fingerprint density at radius 3 is 2.75 bits per heavy atom. The number of carboxylic acid groups (broad SMARTS) is 1. The minimum atomic E-state index is -0.850. The number of carbonyl (C=O) groups is 1. The first-order valence-electron chi connectivity index (χ1n) is 10.4. The van der Waals surface area contributed by atoms with E-state index in [4.69, 9.17) is 16.5 Å².